The van der Waals surface area contributed by atoms with Gasteiger partial charge in [0, 0.05) is 0 Å². The molecule has 0 bridgehead atoms. The van der Waals surface area contributed by atoms with Crippen molar-refractivity contribution in [3.05, 3.63) is 41.0 Å². The molecule has 0 saturated carbocycles. The summed E-state index contributed by atoms with van der Waals surface area (Å²) in [4.78, 5) is 12.1. The van der Waals surface area contributed by atoms with Gasteiger partial charge in [-0.05, 0) is 24.6 Å². The maximum absolute atomic E-state index is 13.0. The largest absolute Gasteiger partial charge is 0.395 e. The van der Waals surface area contributed by atoms with E-state index < -0.39 is 11.7 Å². The number of H-pyrrole nitrogens is 1. The summed E-state index contributed by atoms with van der Waals surface area (Å²) in [7, 11) is 0. The first-order valence-corrected chi connectivity index (χ1v) is 6.40. The number of hydrogen-bond acceptors (Lipinski definition) is 4. The lowest BCUT2D eigenvalue weighted by atomic mass is 10.1. The monoisotopic (exact) mass is 287 g/mol. The van der Waals surface area contributed by atoms with Crippen molar-refractivity contribution >= 4 is 17.3 Å². The highest BCUT2D eigenvalue weighted by Crippen LogP contribution is 2.20. The second-order valence-corrected chi connectivity index (χ2v) is 4.47. The normalized spacial score (nSPS) is 10.1. The zero-order chi connectivity index (χ0) is 15.4. The Kier molecular flexibility index (Phi) is 4.18. The van der Waals surface area contributed by atoms with Gasteiger partial charge in [0.1, 0.15) is 11.9 Å². The highest BCUT2D eigenvalue weighted by atomic mass is 19.1. The van der Waals surface area contributed by atoms with Crippen molar-refractivity contribution in [3.63, 3.8) is 0 Å². The number of anilines is 2. The first kappa shape index (κ1) is 14.5. The lowest BCUT2D eigenvalue weighted by Crippen LogP contribution is -2.15. The Balaban J connectivity index is 2.25. The molecule has 0 unspecified atom stereocenters. The molecule has 0 atom stereocenters. The summed E-state index contributed by atoms with van der Waals surface area (Å²) in [5.41, 5.74) is 7.15. The van der Waals surface area contributed by atoms with Crippen LogP contribution < -0.4 is 11.1 Å². The zero-order valence-corrected chi connectivity index (χ0v) is 11.4. The molecule has 108 valence electrons. The van der Waals surface area contributed by atoms with Gasteiger partial charge in [-0.15, -0.1) is 0 Å². The van der Waals surface area contributed by atoms with E-state index in [1.807, 2.05) is 13.0 Å². The van der Waals surface area contributed by atoms with E-state index in [4.69, 9.17) is 11.0 Å². The van der Waals surface area contributed by atoms with E-state index in [-0.39, 0.29) is 22.6 Å². The van der Waals surface area contributed by atoms with E-state index in [0.29, 0.717) is 12.1 Å². The van der Waals surface area contributed by atoms with Gasteiger partial charge in [0.15, 0.2) is 5.69 Å². The summed E-state index contributed by atoms with van der Waals surface area (Å²) in [6.07, 6.45) is 1.55. The summed E-state index contributed by atoms with van der Waals surface area (Å²) in [6, 6.07) is 5.35. The second kappa shape index (κ2) is 6.05. The number of aromatic nitrogens is 2. The number of nitrogen functional groups attached to an aromatic ring is 1. The number of hydrogen-bond donors (Lipinski definition) is 3. The van der Waals surface area contributed by atoms with Crippen LogP contribution >= 0.6 is 0 Å². The lowest BCUT2D eigenvalue weighted by Gasteiger charge is -2.06. The first-order valence-electron chi connectivity index (χ1n) is 6.40. The van der Waals surface area contributed by atoms with Crippen LogP contribution in [0, 0.1) is 17.1 Å². The van der Waals surface area contributed by atoms with E-state index in [9.17, 15) is 9.18 Å². The average molecular weight is 287 g/mol. The summed E-state index contributed by atoms with van der Waals surface area (Å²) in [5, 5.41) is 18.1. The minimum Gasteiger partial charge on any atom is -0.395 e. The van der Waals surface area contributed by atoms with Crippen LogP contribution in [0.4, 0.5) is 15.8 Å². The quantitative estimate of drug-likeness (QED) is 0.801. The van der Waals surface area contributed by atoms with Gasteiger partial charge in [-0.1, -0.05) is 13.3 Å². The number of carbonyl (C=O) groups excluding carboxylic acids is 1. The Morgan fingerprint density at radius 2 is 2.33 bits per heavy atom. The Bertz CT molecular complexity index is 717. The molecule has 0 aliphatic rings. The Labute approximate surface area is 120 Å². The molecule has 0 aliphatic heterocycles. The zero-order valence-electron chi connectivity index (χ0n) is 11.4. The molecule has 2 aromatic rings. The van der Waals surface area contributed by atoms with Crippen LogP contribution in [-0.2, 0) is 6.42 Å². The molecular formula is C14H14FN5O. The highest BCUT2D eigenvalue weighted by Gasteiger charge is 2.18. The number of benzene rings is 1. The molecule has 1 aromatic carbocycles. The van der Waals surface area contributed by atoms with Crippen molar-refractivity contribution < 1.29 is 9.18 Å². The summed E-state index contributed by atoms with van der Waals surface area (Å²) in [6.45, 7) is 1.98. The van der Waals surface area contributed by atoms with E-state index in [0.717, 1.165) is 18.6 Å². The van der Waals surface area contributed by atoms with Gasteiger partial charge in [-0.3, -0.25) is 9.89 Å². The number of aryl methyl sites for hydroxylation is 1. The highest BCUT2D eigenvalue weighted by molar-refractivity contribution is 6.07. The molecular weight excluding hydrogens is 273 g/mol. The fourth-order valence-corrected chi connectivity index (χ4v) is 1.90. The number of nitrogens with one attached hydrogen (secondary N) is 2. The maximum Gasteiger partial charge on any atom is 0.278 e. The van der Waals surface area contributed by atoms with Crippen molar-refractivity contribution in [1.82, 2.24) is 10.2 Å². The number of nitrogens with two attached hydrogens (primary N) is 1. The van der Waals surface area contributed by atoms with Gasteiger partial charge in [-0.25, -0.2) is 4.39 Å². The first-order chi connectivity index (χ1) is 10.1. The van der Waals surface area contributed by atoms with Crippen molar-refractivity contribution in [1.29, 1.82) is 5.26 Å². The third-order valence-electron chi connectivity index (χ3n) is 2.95. The summed E-state index contributed by atoms with van der Waals surface area (Å²) in [5.74, 6) is -1.09. The van der Waals surface area contributed by atoms with Crippen LogP contribution in [0.1, 0.15) is 35.1 Å². The minimum absolute atomic E-state index is 0.0336. The van der Waals surface area contributed by atoms with Crippen LogP contribution in [-0.4, -0.2) is 16.1 Å². The van der Waals surface area contributed by atoms with Crippen molar-refractivity contribution in [2.45, 2.75) is 19.8 Å². The fraction of sp³-hybridized carbons (Fsp3) is 0.214. The van der Waals surface area contributed by atoms with Gasteiger partial charge in [0.2, 0.25) is 0 Å². The van der Waals surface area contributed by atoms with Crippen LogP contribution in [0.5, 0.6) is 0 Å². The van der Waals surface area contributed by atoms with Crippen LogP contribution in [0.3, 0.4) is 0 Å². The molecule has 7 heteroatoms. The fourth-order valence-electron chi connectivity index (χ4n) is 1.90. The van der Waals surface area contributed by atoms with Gasteiger partial charge in [0.05, 0.1) is 22.6 Å². The molecule has 1 amide bonds. The number of rotatable bonds is 4. The van der Waals surface area contributed by atoms with Gasteiger partial charge in [-0.2, -0.15) is 10.4 Å². The van der Waals surface area contributed by atoms with E-state index >= 15 is 0 Å². The molecule has 2 rings (SSSR count). The SMILES string of the molecule is CCCc1[nH]nc(C(=O)Nc2ccc(F)cc2C#N)c1N. The third-order valence-corrected chi connectivity index (χ3v) is 2.95. The van der Waals surface area contributed by atoms with Gasteiger partial charge >= 0.3 is 0 Å². The van der Waals surface area contributed by atoms with Gasteiger partial charge in [0.25, 0.3) is 5.91 Å². The molecule has 0 radical (unpaired) electrons. The predicted molar refractivity (Wildman–Crippen MR) is 76.1 cm³/mol. The molecule has 21 heavy (non-hydrogen) atoms. The van der Waals surface area contributed by atoms with Crippen molar-refractivity contribution in [3.8, 4) is 6.07 Å². The molecule has 6 nitrogen and oxygen atoms in total. The minimum atomic E-state index is -0.547. The Hall–Kier alpha value is -2.88. The molecule has 4 N–H and O–H groups in total. The number of halogens is 1. The Morgan fingerprint density at radius 1 is 1.57 bits per heavy atom. The smallest absolute Gasteiger partial charge is 0.278 e. The standard InChI is InChI=1S/C14H14FN5O/c1-2-3-11-12(17)13(20-19-11)14(21)18-10-5-4-9(15)6-8(10)7-16/h4-6H,2-3,17H2,1H3,(H,18,21)(H,19,20). The van der Waals surface area contributed by atoms with E-state index in [1.54, 1.807) is 0 Å². The number of nitriles is 1. The maximum atomic E-state index is 13.0. The summed E-state index contributed by atoms with van der Waals surface area (Å²) < 4.78 is 13.0. The van der Waals surface area contributed by atoms with Crippen LogP contribution in [0.25, 0.3) is 0 Å². The van der Waals surface area contributed by atoms with Gasteiger partial charge < -0.3 is 11.1 Å². The third kappa shape index (κ3) is 3.00. The predicted octanol–water partition coefficient (Wildman–Crippen LogP) is 2.21. The number of carbonyl (C=O) groups is 1. The van der Waals surface area contributed by atoms with Crippen molar-refractivity contribution in [2.75, 3.05) is 11.1 Å². The second-order valence-electron chi connectivity index (χ2n) is 4.47. The van der Waals surface area contributed by atoms with Crippen molar-refractivity contribution in [2.24, 2.45) is 0 Å². The number of nitrogens with zero attached hydrogens (tertiary/aromatic N) is 2. The molecule has 0 saturated heterocycles. The van der Waals surface area contributed by atoms with E-state index in [2.05, 4.69) is 15.5 Å². The number of aromatic amines is 1. The molecule has 0 fully saturated rings. The molecule has 1 aromatic heterocycles. The summed E-state index contributed by atoms with van der Waals surface area (Å²) >= 11 is 0. The van der Waals surface area contributed by atoms with Crippen LogP contribution in [0.15, 0.2) is 18.2 Å². The number of amides is 1. The molecule has 1 heterocycles. The molecule has 0 spiro atoms. The Morgan fingerprint density at radius 3 is 3.00 bits per heavy atom. The van der Waals surface area contributed by atoms with Crippen LogP contribution in [0.2, 0.25) is 0 Å². The van der Waals surface area contributed by atoms with E-state index in [1.165, 1.54) is 6.07 Å². The average Bonchev–Trinajstić information content (AvgIpc) is 2.82. The molecule has 0 aliphatic carbocycles. The lowest BCUT2D eigenvalue weighted by molar-refractivity contribution is 0.102. The topological polar surface area (TPSA) is 108 Å².